The number of rotatable bonds is 8. The van der Waals surface area contributed by atoms with E-state index >= 15 is 0 Å². The number of nitrogens with zero attached hydrogens (tertiary/aromatic N) is 2. The lowest BCUT2D eigenvalue weighted by molar-refractivity contribution is 0.102. The topological polar surface area (TPSA) is 85.4 Å². The molecule has 0 unspecified atom stereocenters. The van der Waals surface area contributed by atoms with E-state index in [0.29, 0.717) is 18.1 Å². The molecule has 1 amide bonds. The van der Waals surface area contributed by atoms with Crippen LogP contribution in [-0.2, 0) is 6.42 Å². The van der Waals surface area contributed by atoms with Crippen LogP contribution in [-0.4, -0.2) is 36.6 Å². The van der Waals surface area contributed by atoms with Crippen LogP contribution >= 0.6 is 0 Å². The largest absolute Gasteiger partial charge is 0.497 e. The highest BCUT2D eigenvalue weighted by Crippen LogP contribution is 2.16. The van der Waals surface area contributed by atoms with Crippen LogP contribution < -0.4 is 20.1 Å². The van der Waals surface area contributed by atoms with E-state index in [2.05, 4.69) is 20.6 Å². The zero-order valence-corrected chi connectivity index (χ0v) is 15.8. The molecule has 0 aliphatic rings. The van der Waals surface area contributed by atoms with Crippen LogP contribution in [0, 0.1) is 0 Å². The van der Waals surface area contributed by atoms with Gasteiger partial charge in [-0.25, -0.2) is 9.97 Å². The van der Waals surface area contributed by atoms with E-state index in [1.54, 1.807) is 44.6 Å². The number of hydrogen-bond acceptors (Lipinski definition) is 6. The van der Waals surface area contributed by atoms with Crippen LogP contribution in [0.3, 0.4) is 0 Å². The molecular weight excluding hydrogens is 356 g/mol. The molecule has 0 aliphatic heterocycles. The van der Waals surface area contributed by atoms with Crippen molar-refractivity contribution in [1.29, 1.82) is 0 Å². The molecule has 144 valence electrons. The highest BCUT2D eigenvalue weighted by molar-refractivity contribution is 6.03. The third-order valence-corrected chi connectivity index (χ3v) is 4.13. The summed E-state index contributed by atoms with van der Waals surface area (Å²) >= 11 is 0. The van der Waals surface area contributed by atoms with Crippen molar-refractivity contribution in [3.8, 4) is 11.5 Å². The summed E-state index contributed by atoms with van der Waals surface area (Å²) in [5.74, 6) is 1.86. The van der Waals surface area contributed by atoms with Crippen LogP contribution in [0.1, 0.15) is 16.1 Å². The molecule has 2 N–H and O–H groups in total. The summed E-state index contributed by atoms with van der Waals surface area (Å²) < 4.78 is 10.3. The van der Waals surface area contributed by atoms with Gasteiger partial charge in [-0.05, 0) is 48.4 Å². The fourth-order valence-electron chi connectivity index (χ4n) is 2.57. The van der Waals surface area contributed by atoms with Crippen molar-refractivity contribution in [3.05, 3.63) is 72.2 Å². The van der Waals surface area contributed by atoms with Crippen molar-refractivity contribution in [2.75, 3.05) is 31.4 Å². The first-order valence-electron chi connectivity index (χ1n) is 8.82. The molecule has 0 fully saturated rings. The molecule has 0 bridgehead atoms. The Kier molecular flexibility index (Phi) is 6.41. The highest BCUT2D eigenvalue weighted by atomic mass is 16.5. The van der Waals surface area contributed by atoms with Gasteiger partial charge in [0.05, 0.1) is 14.2 Å². The van der Waals surface area contributed by atoms with Gasteiger partial charge in [0.15, 0.2) is 0 Å². The summed E-state index contributed by atoms with van der Waals surface area (Å²) in [4.78, 5) is 20.6. The number of aromatic nitrogens is 2. The molecule has 1 aromatic heterocycles. The lowest BCUT2D eigenvalue weighted by Crippen LogP contribution is -2.15. The third-order valence-electron chi connectivity index (χ3n) is 4.13. The van der Waals surface area contributed by atoms with Gasteiger partial charge >= 0.3 is 0 Å². The fourth-order valence-corrected chi connectivity index (χ4v) is 2.57. The minimum Gasteiger partial charge on any atom is -0.497 e. The second-order valence-corrected chi connectivity index (χ2v) is 6.00. The molecule has 0 radical (unpaired) electrons. The number of hydrogen-bond donors (Lipinski definition) is 2. The van der Waals surface area contributed by atoms with Crippen LogP contribution in [0.4, 0.5) is 11.5 Å². The molecule has 0 atom stereocenters. The maximum absolute atomic E-state index is 12.4. The van der Waals surface area contributed by atoms with E-state index in [-0.39, 0.29) is 11.6 Å². The molecule has 28 heavy (non-hydrogen) atoms. The summed E-state index contributed by atoms with van der Waals surface area (Å²) in [6.07, 6.45) is 2.19. The second kappa shape index (κ2) is 9.36. The fraction of sp³-hybridized carbons (Fsp3) is 0.190. The van der Waals surface area contributed by atoms with Crippen molar-refractivity contribution in [3.63, 3.8) is 0 Å². The number of carbonyl (C=O) groups is 1. The Balaban J connectivity index is 1.55. The van der Waals surface area contributed by atoms with Crippen molar-refractivity contribution < 1.29 is 14.3 Å². The molecule has 2 aromatic carbocycles. The summed E-state index contributed by atoms with van der Waals surface area (Å²) in [6, 6.07) is 16.6. The zero-order chi connectivity index (χ0) is 19.8. The molecule has 0 saturated heterocycles. The van der Waals surface area contributed by atoms with Gasteiger partial charge in [-0.3, -0.25) is 4.79 Å². The van der Waals surface area contributed by atoms with Gasteiger partial charge in [-0.2, -0.15) is 0 Å². The first-order chi connectivity index (χ1) is 13.7. The van der Waals surface area contributed by atoms with E-state index in [9.17, 15) is 4.79 Å². The third kappa shape index (κ3) is 5.20. The van der Waals surface area contributed by atoms with E-state index in [0.717, 1.165) is 17.9 Å². The van der Waals surface area contributed by atoms with Crippen LogP contribution in [0.25, 0.3) is 0 Å². The Bertz CT molecular complexity index is 912. The number of nitrogens with one attached hydrogen (secondary N) is 2. The molecule has 3 aromatic rings. The number of anilines is 2. The molecule has 0 aliphatic carbocycles. The van der Waals surface area contributed by atoms with E-state index in [1.807, 2.05) is 24.3 Å². The Hall–Kier alpha value is -3.61. The van der Waals surface area contributed by atoms with Gasteiger partial charge in [0, 0.05) is 18.3 Å². The zero-order valence-electron chi connectivity index (χ0n) is 15.8. The van der Waals surface area contributed by atoms with E-state index in [4.69, 9.17) is 9.47 Å². The maximum atomic E-state index is 12.4. The maximum Gasteiger partial charge on any atom is 0.274 e. The van der Waals surface area contributed by atoms with Gasteiger partial charge in [-0.15, -0.1) is 0 Å². The number of benzene rings is 2. The molecule has 3 rings (SSSR count). The van der Waals surface area contributed by atoms with Crippen LogP contribution in [0.15, 0.2) is 60.9 Å². The van der Waals surface area contributed by atoms with Gasteiger partial charge in [0.25, 0.3) is 5.91 Å². The summed E-state index contributed by atoms with van der Waals surface area (Å²) in [5, 5.41) is 6.02. The predicted molar refractivity (Wildman–Crippen MR) is 108 cm³/mol. The van der Waals surface area contributed by atoms with Gasteiger partial charge in [0.1, 0.15) is 29.3 Å². The average Bonchev–Trinajstić information content (AvgIpc) is 2.75. The standard InChI is InChI=1S/C21H22N4O3/c1-27-17-7-3-15(4-8-17)11-12-22-20-13-19(23-14-24-20)21(26)25-16-5-9-18(28-2)10-6-16/h3-10,13-14H,11-12H2,1-2H3,(H,25,26)(H,22,23,24). The quantitative estimate of drug-likeness (QED) is 0.625. The molecule has 7 heteroatoms. The first-order valence-corrected chi connectivity index (χ1v) is 8.82. The van der Waals surface area contributed by atoms with Crippen molar-refractivity contribution in [2.24, 2.45) is 0 Å². The van der Waals surface area contributed by atoms with Crippen LogP contribution in [0.2, 0.25) is 0 Å². The lowest BCUT2D eigenvalue weighted by atomic mass is 10.1. The molecule has 0 spiro atoms. The predicted octanol–water partition coefficient (Wildman–Crippen LogP) is 3.40. The second-order valence-electron chi connectivity index (χ2n) is 6.00. The lowest BCUT2D eigenvalue weighted by Gasteiger charge is -2.08. The number of ether oxygens (including phenoxy) is 2. The monoisotopic (exact) mass is 378 g/mol. The summed E-state index contributed by atoms with van der Waals surface area (Å²) in [5.41, 5.74) is 2.14. The molecule has 7 nitrogen and oxygen atoms in total. The Morgan fingerprint density at radius 2 is 1.57 bits per heavy atom. The Morgan fingerprint density at radius 3 is 2.21 bits per heavy atom. The number of amides is 1. The van der Waals surface area contributed by atoms with Crippen LogP contribution in [0.5, 0.6) is 11.5 Å². The van der Waals surface area contributed by atoms with E-state index < -0.39 is 0 Å². The SMILES string of the molecule is COc1ccc(CCNc2cc(C(=O)Nc3ccc(OC)cc3)ncn2)cc1. The summed E-state index contributed by atoms with van der Waals surface area (Å²) in [6.45, 7) is 0.683. The van der Waals surface area contributed by atoms with Gasteiger partial charge in [-0.1, -0.05) is 12.1 Å². The Morgan fingerprint density at radius 1 is 0.929 bits per heavy atom. The first kappa shape index (κ1) is 19.2. The molecule has 0 saturated carbocycles. The van der Waals surface area contributed by atoms with Gasteiger partial charge in [0.2, 0.25) is 0 Å². The van der Waals surface area contributed by atoms with Crippen molar-refractivity contribution in [1.82, 2.24) is 9.97 Å². The van der Waals surface area contributed by atoms with Crippen molar-refractivity contribution >= 4 is 17.4 Å². The number of carbonyl (C=O) groups excluding carboxylic acids is 1. The van der Waals surface area contributed by atoms with Crippen molar-refractivity contribution in [2.45, 2.75) is 6.42 Å². The number of methoxy groups -OCH3 is 2. The van der Waals surface area contributed by atoms with Gasteiger partial charge < -0.3 is 20.1 Å². The molecule has 1 heterocycles. The average molecular weight is 378 g/mol. The summed E-state index contributed by atoms with van der Waals surface area (Å²) in [7, 11) is 3.24. The van der Waals surface area contributed by atoms with E-state index in [1.165, 1.54) is 11.9 Å². The molecular formula is C21H22N4O3. The smallest absolute Gasteiger partial charge is 0.274 e. The minimum atomic E-state index is -0.300. The Labute approximate surface area is 163 Å². The minimum absolute atomic E-state index is 0.290. The normalized spacial score (nSPS) is 10.2. The highest BCUT2D eigenvalue weighted by Gasteiger charge is 2.09.